The summed E-state index contributed by atoms with van der Waals surface area (Å²) in [5, 5.41) is 6.00. The van der Waals surface area contributed by atoms with Crippen LogP contribution in [0.5, 0.6) is 11.5 Å². The number of benzene rings is 2. The second-order valence-corrected chi connectivity index (χ2v) is 9.21. The fourth-order valence-corrected chi connectivity index (χ4v) is 4.21. The van der Waals surface area contributed by atoms with Crippen molar-refractivity contribution in [3.05, 3.63) is 77.7 Å². The monoisotopic (exact) mass is 469 g/mol. The van der Waals surface area contributed by atoms with Gasteiger partial charge >= 0.3 is 5.91 Å². The molecule has 2 heterocycles. The highest BCUT2D eigenvalue weighted by molar-refractivity contribution is 7.92. The Morgan fingerprint density at radius 3 is 2.42 bits per heavy atom. The molecule has 10 heteroatoms. The van der Waals surface area contributed by atoms with Crippen molar-refractivity contribution in [2.24, 2.45) is 5.10 Å². The van der Waals surface area contributed by atoms with Crippen LogP contribution in [-0.4, -0.2) is 45.5 Å². The number of nitrogens with zero attached hydrogens (tertiary/aromatic N) is 2. The second-order valence-electron chi connectivity index (χ2n) is 7.46. The first-order chi connectivity index (χ1) is 15.8. The minimum Gasteiger partial charge on any atom is -0.493 e. The van der Waals surface area contributed by atoms with E-state index >= 15 is 0 Å². The standard InChI is InChI=1S/C23H23N3O6S/c1-30-20-11-8-16(13-22(20)31-2)19-14-18(24-26(19)23(27)21-5-4-12-32-21)15-6-9-17(10-7-15)25-33(3,28)29/h4-13,19,25H,14H2,1-3H3. The van der Waals surface area contributed by atoms with E-state index in [0.29, 0.717) is 29.3 Å². The zero-order chi connectivity index (χ0) is 23.6. The van der Waals surface area contributed by atoms with Crippen LogP contribution in [0.3, 0.4) is 0 Å². The normalized spacial score (nSPS) is 15.8. The molecule has 1 unspecified atom stereocenters. The first kappa shape index (κ1) is 22.4. The van der Waals surface area contributed by atoms with Crippen molar-refractivity contribution < 1.29 is 27.1 Å². The molecule has 0 spiro atoms. The van der Waals surface area contributed by atoms with Gasteiger partial charge in [-0.1, -0.05) is 18.2 Å². The number of carbonyl (C=O) groups is 1. The summed E-state index contributed by atoms with van der Waals surface area (Å²) < 4.78 is 41.4. The fourth-order valence-electron chi connectivity index (χ4n) is 3.65. The van der Waals surface area contributed by atoms with Crippen molar-refractivity contribution in [1.82, 2.24) is 5.01 Å². The Bertz CT molecular complexity index is 1280. The summed E-state index contributed by atoms with van der Waals surface area (Å²) in [7, 11) is -0.267. The van der Waals surface area contributed by atoms with Gasteiger partial charge in [0.2, 0.25) is 10.0 Å². The lowest BCUT2D eigenvalue weighted by Gasteiger charge is -2.22. The number of sulfonamides is 1. The van der Waals surface area contributed by atoms with Crippen LogP contribution < -0.4 is 14.2 Å². The third kappa shape index (κ3) is 4.85. The molecule has 0 bridgehead atoms. The molecule has 1 aliphatic rings. The Labute approximate surface area is 191 Å². The van der Waals surface area contributed by atoms with Crippen LogP contribution in [0.15, 0.2) is 70.4 Å². The summed E-state index contributed by atoms with van der Waals surface area (Å²) in [4.78, 5) is 13.1. The zero-order valence-electron chi connectivity index (χ0n) is 18.3. The molecule has 33 heavy (non-hydrogen) atoms. The minimum absolute atomic E-state index is 0.179. The molecule has 9 nitrogen and oxygen atoms in total. The van der Waals surface area contributed by atoms with Crippen LogP contribution in [0.2, 0.25) is 0 Å². The Morgan fingerprint density at radius 2 is 1.82 bits per heavy atom. The van der Waals surface area contributed by atoms with Gasteiger partial charge < -0.3 is 13.9 Å². The maximum Gasteiger partial charge on any atom is 0.310 e. The molecule has 0 fully saturated rings. The highest BCUT2D eigenvalue weighted by atomic mass is 32.2. The maximum absolute atomic E-state index is 13.1. The van der Waals surface area contributed by atoms with Crippen molar-refractivity contribution in [1.29, 1.82) is 0 Å². The number of rotatable bonds is 7. The Kier molecular flexibility index (Phi) is 6.10. The zero-order valence-corrected chi connectivity index (χ0v) is 19.1. The van der Waals surface area contributed by atoms with Crippen molar-refractivity contribution in [2.75, 3.05) is 25.2 Å². The van der Waals surface area contributed by atoms with Gasteiger partial charge in [0.1, 0.15) is 0 Å². The van der Waals surface area contributed by atoms with Crippen molar-refractivity contribution in [2.45, 2.75) is 12.5 Å². The fraction of sp³-hybridized carbons (Fsp3) is 0.217. The molecule has 2 aromatic carbocycles. The number of carbonyl (C=O) groups excluding carboxylic acids is 1. The highest BCUT2D eigenvalue weighted by Gasteiger charge is 2.35. The number of hydrogen-bond donors (Lipinski definition) is 1. The topological polar surface area (TPSA) is 110 Å². The number of nitrogens with one attached hydrogen (secondary N) is 1. The molecule has 172 valence electrons. The molecule has 0 aliphatic carbocycles. The number of hydrazone groups is 1. The molecule has 1 aromatic heterocycles. The van der Waals surface area contributed by atoms with Gasteiger partial charge in [0.05, 0.1) is 38.5 Å². The van der Waals surface area contributed by atoms with Gasteiger partial charge in [-0.05, 0) is 47.5 Å². The van der Waals surface area contributed by atoms with Crippen molar-refractivity contribution in [3.8, 4) is 11.5 Å². The lowest BCUT2D eigenvalue weighted by atomic mass is 9.98. The summed E-state index contributed by atoms with van der Waals surface area (Å²) in [5.74, 6) is 0.937. The molecule has 0 saturated heterocycles. The van der Waals surface area contributed by atoms with Crippen molar-refractivity contribution in [3.63, 3.8) is 0 Å². The molecule has 1 atom stereocenters. The van der Waals surface area contributed by atoms with E-state index < -0.39 is 16.1 Å². The van der Waals surface area contributed by atoms with Gasteiger partial charge in [-0.25, -0.2) is 13.4 Å². The van der Waals surface area contributed by atoms with Crippen LogP contribution in [0.4, 0.5) is 5.69 Å². The Balaban J connectivity index is 1.69. The molecule has 3 aromatic rings. The lowest BCUT2D eigenvalue weighted by molar-refractivity contribution is 0.0678. The van der Waals surface area contributed by atoms with Crippen LogP contribution in [-0.2, 0) is 10.0 Å². The Hall–Kier alpha value is -3.79. The maximum atomic E-state index is 13.1. The smallest absolute Gasteiger partial charge is 0.310 e. The average molecular weight is 470 g/mol. The highest BCUT2D eigenvalue weighted by Crippen LogP contribution is 2.38. The first-order valence-electron chi connectivity index (χ1n) is 10.0. The molecule has 1 aliphatic heterocycles. The lowest BCUT2D eigenvalue weighted by Crippen LogP contribution is -2.26. The van der Waals surface area contributed by atoms with E-state index in [1.54, 1.807) is 56.7 Å². The predicted octanol–water partition coefficient (Wildman–Crippen LogP) is 3.66. The molecule has 0 radical (unpaired) electrons. The third-order valence-electron chi connectivity index (χ3n) is 5.16. The van der Waals surface area contributed by atoms with Gasteiger partial charge in [-0.15, -0.1) is 0 Å². The van der Waals surface area contributed by atoms with Gasteiger partial charge in [0.15, 0.2) is 17.3 Å². The summed E-state index contributed by atoms with van der Waals surface area (Å²) >= 11 is 0. The third-order valence-corrected chi connectivity index (χ3v) is 5.77. The second kappa shape index (κ2) is 8.99. The van der Waals surface area contributed by atoms with E-state index in [1.807, 2.05) is 12.1 Å². The number of hydrogen-bond acceptors (Lipinski definition) is 7. The number of anilines is 1. The van der Waals surface area contributed by atoms with E-state index in [0.717, 1.165) is 17.4 Å². The summed E-state index contributed by atoms with van der Waals surface area (Å²) in [6.07, 6.45) is 2.97. The minimum atomic E-state index is -3.38. The number of furan rings is 1. The molecule has 1 amide bonds. The largest absolute Gasteiger partial charge is 0.493 e. The number of ether oxygens (including phenoxy) is 2. The van der Waals surface area contributed by atoms with Gasteiger partial charge in [0, 0.05) is 12.1 Å². The van der Waals surface area contributed by atoms with E-state index in [4.69, 9.17) is 13.9 Å². The number of methoxy groups -OCH3 is 2. The quantitative estimate of drug-likeness (QED) is 0.565. The molecule has 1 N–H and O–H groups in total. The predicted molar refractivity (Wildman–Crippen MR) is 123 cm³/mol. The summed E-state index contributed by atoms with van der Waals surface area (Å²) in [5.41, 5.74) is 2.72. The summed E-state index contributed by atoms with van der Waals surface area (Å²) in [6, 6.07) is 15.1. The molecule has 0 saturated carbocycles. The molecule has 4 rings (SSSR count). The van der Waals surface area contributed by atoms with Gasteiger partial charge in [0.25, 0.3) is 0 Å². The summed E-state index contributed by atoms with van der Waals surface area (Å²) in [6.45, 7) is 0. The molecular weight excluding hydrogens is 446 g/mol. The van der Waals surface area contributed by atoms with E-state index in [9.17, 15) is 13.2 Å². The van der Waals surface area contributed by atoms with Crippen LogP contribution in [0.25, 0.3) is 0 Å². The SMILES string of the molecule is COc1ccc(C2CC(c3ccc(NS(C)(=O)=O)cc3)=NN2C(=O)c2ccco2)cc1OC. The van der Waals surface area contributed by atoms with Crippen molar-refractivity contribution >= 4 is 27.3 Å². The number of amides is 1. The van der Waals surface area contributed by atoms with Crippen LogP contribution >= 0.6 is 0 Å². The van der Waals surface area contributed by atoms with E-state index in [-0.39, 0.29) is 11.7 Å². The average Bonchev–Trinajstić information content (AvgIpc) is 3.48. The first-order valence-corrected chi connectivity index (χ1v) is 11.9. The van der Waals surface area contributed by atoms with Crippen LogP contribution in [0, 0.1) is 0 Å². The Morgan fingerprint density at radius 1 is 1.09 bits per heavy atom. The van der Waals surface area contributed by atoms with Crippen LogP contribution in [0.1, 0.15) is 34.1 Å². The van der Waals surface area contributed by atoms with E-state index in [2.05, 4.69) is 9.82 Å². The molecular formula is C23H23N3O6S. The van der Waals surface area contributed by atoms with E-state index in [1.165, 1.54) is 11.3 Å². The van der Waals surface area contributed by atoms with Gasteiger partial charge in [-0.2, -0.15) is 5.10 Å². The van der Waals surface area contributed by atoms with Gasteiger partial charge in [-0.3, -0.25) is 9.52 Å².